The van der Waals surface area contributed by atoms with Crippen LogP contribution in [-0.4, -0.2) is 25.1 Å². The Balaban J connectivity index is 1.88. The van der Waals surface area contributed by atoms with Gasteiger partial charge in [-0.15, -0.1) is 11.3 Å². The van der Waals surface area contributed by atoms with Gasteiger partial charge in [0.05, 0.1) is 19.9 Å². The van der Waals surface area contributed by atoms with Gasteiger partial charge in [0.1, 0.15) is 17.1 Å². The zero-order chi connectivity index (χ0) is 18.7. The van der Waals surface area contributed by atoms with E-state index in [4.69, 9.17) is 9.47 Å². The second kappa shape index (κ2) is 7.58. The standard InChI is InChI=1S/C20H20N2O3S/c1-12-8-9-13(2)14(10-12)15-11-26-20(21-15)22-19(23)18-16(24-3)6-5-7-17(18)25-4/h5-11H,1-4H3,(H,21,22,23). The van der Waals surface area contributed by atoms with Crippen LogP contribution in [0.1, 0.15) is 21.5 Å². The minimum atomic E-state index is -0.318. The van der Waals surface area contributed by atoms with Crippen LogP contribution in [0.5, 0.6) is 11.5 Å². The normalized spacial score (nSPS) is 10.5. The quantitative estimate of drug-likeness (QED) is 0.709. The van der Waals surface area contributed by atoms with E-state index >= 15 is 0 Å². The molecule has 0 aliphatic rings. The van der Waals surface area contributed by atoms with Crippen molar-refractivity contribution < 1.29 is 14.3 Å². The molecule has 26 heavy (non-hydrogen) atoms. The molecule has 0 radical (unpaired) electrons. The number of carbonyl (C=O) groups is 1. The van der Waals surface area contributed by atoms with E-state index in [0.29, 0.717) is 22.2 Å². The minimum absolute atomic E-state index is 0.318. The lowest BCUT2D eigenvalue weighted by Crippen LogP contribution is -2.14. The van der Waals surface area contributed by atoms with E-state index in [2.05, 4.69) is 28.5 Å². The fourth-order valence-electron chi connectivity index (χ4n) is 2.70. The molecule has 0 saturated carbocycles. The molecule has 3 rings (SSSR count). The first-order valence-electron chi connectivity index (χ1n) is 8.09. The molecule has 1 heterocycles. The predicted molar refractivity (Wildman–Crippen MR) is 105 cm³/mol. The zero-order valence-electron chi connectivity index (χ0n) is 15.1. The molecule has 0 aliphatic carbocycles. The van der Waals surface area contributed by atoms with Crippen molar-refractivity contribution in [3.05, 3.63) is 58.5 Å². The maximum absolute atomic E-state index is 12.7. The van der Waals surface area contributed by atoms with Gasteiger partial charge in [-0.3, -0.25) is 10.1 Å². The van der Waals surface area contributed by atoms with E-state index in [1.54, 1.807) is 18.2 Å². The van der Waals surface area contributed by atoms with E-state index in [1.165, 1.54) is 31.1 Å². The summed E-state index contributed by atoms with van der Waals surface area (Å²) in [6.45, 7) is 4.10. The number of rotatable bonds is 5. The highest BCUT2D eigenvalue weighted by Crippen LogP contribution is 2.31. The lowest BCUT2D eigenvalue weighted by molar-refractivity contribution is 0.102. The molecule has 6 heteroatoms. The van der Waals surface area contributed by atoms with Crippen molar-refractivity contribution in [1.29, 1.82) is 0 Å². The zero-order valence-corrected chi connectivity index (χ0v) is 15.9. The fourth-order valence-corrected chi connectivity index (χ4v) is 3.41. The summed E-state index contributed by atoms with van der Waals surface area (Å²) in [5.74, 6) is 0.586. The summed E-state index contributed by atoms with van der Waals surface area (Å²) >= 11 is 1.38. The van der Waals surface area contributed by atoms with Gasteiger partial charge in [-0.25, -0.2) is 4.98 Å². The molecule has 0 aliphatic heterocycles. The van der Waals surface area contributed by atoms with Crippen molar-refractivity contribution in [2.75, 3.05) is 19.5 Å². The van der Waals surface area contributed by atoms with Crippen molar-refractivity contribution in [2.24, 2.45) is 0 Å². The maximum atomic E-state index is 12.7. The van der Waals surface area contributed by atoms with Crippen molar-refractivity contribution >= 4 is 22.4 Å². The molecule has 1 N–H and O–H groups in total. The Labute approximate surface area is 156 Å². The molecular formula is C20H20N2O3S. The van der Waals surface area contributed by atoms with E-state index in [0.717, 1.165) is 16.8 Å². The molecule has 5 nitrogen and oxygen atoms in total. The lowest BCUT2D eigenvalue weighted by Gasteiger charge is -2.11. The molecular weight excluding hydrogens is 348 g/mol. The van der Waals surface area contributed by atoms with Gasteiger partial charge < -0.3 is 9.47 Å². The third-order valence-electron chi connectivity index (χ3n) is 4.05. The van der Waals surface area contributed by atoms with Gasteiger partial charge in [0.2, 0.25) is 0 Å². The second-order valence-electron chi connectivity index (χ2n) is 5.85. The number of anilines is 1. The van der Waals surface area contributed by atoms with Gasteiger partial charge in [-0.1, -0.05) is 23.8 Å². The van der Waals surface area contributed by atoms with Crippen LogP contribution in [0.4, 0.5) is 5.13 Å². The number of nitrogens with zero attached hydrogens (tertiary/aromatic N) is 1. The van der Waals surface area contributed by atoms with Crippen molar-refractivity contribution in [3.8, 4) is 22.8 Å². The average molecular weight is 368 g/mol. The summed E-state index contributed by atoms with van der Waals surface area (Å²) in [6.07, 6.45) is 0. The number of benzene rings is 2. The van der Waals surface area contributed by atoms with E-state index in [9.17, 15) is 4.79 Å². The van der Waals surface area contributed by atoms with Crippen LogP contribution in [0.25, 0.3) is 11.3 Å². The number of carbonyl (C=O) groups excluding carboxylic acids is 1. The number of hydrogen-bond donors (Lipinski definition) is 1. The predicted octanol–water partition coefficient (Wildman–Crippen LogP) is 4.70. The molecule has 2 aromatic carbocycles. The second-order valence-corrected chi connectivity index (χ2v) is 6.71. The Kier molecular flexibility index (Phi) is 5.23. The van der Waals surface area contributed by atoms with Crippen molar-refractivity contribution in [2.45, 2.75) is 13.8 Å². The molecule has 1 aromatic heterocycles. The summed E-state index contributed by atoms with van der Waals surface area (Å²) in [5, 5.41) is 5.31. The number of ether oxygens (including phenoxy) is 2. The number of methoxy groups -OCH3 is 2. The number of aryl methyl sites for hydroxylation is 2. The Morgan fingerprint density at radius 1 is 1.08 bits per heavy atom. The van der Waals surface area contributed by atoms with E-state index in [1.807, 2.05) is 19.2 Å². The lowest BCUT2D eigenvalue weighted by atomic mass is 10.0. The monoisotopic (exact) mass is 368 g/mol. The van der Waals surface area contributed by atoms with Gasteiger partial charge >= 0.3 is 0 Å². The van der Waals surface area contributed by atoms with Crippen LogP contribution in [0.15, 0.2) is 41.8 Å². The first-order chi connectivity index (χ1) is 12.5. The van der Waals surface area contributed by atoms with Gasteiger partial charge in [0.25, 0.3) is 5.91 Å². The van der Waals surface area contributed by atoms with Crippen LogP contribution in [0, 0.1) is 13.8 Å². The number of amides is 1. The molecule has 0 fully saturated rings. The third-order valence-corrected chi connectivity index (χ3v) is 4.81. The molecule has 1 amide bonds. The highest BCUT2D eigenvalue weighted by Gasteiger charge is 2.19. The van der Waals surface area contributed by atoms with Gasteiger partial charge in [0.15, 0.2) is 5.13 Å². The van der Waals surface area contributed by atoms with E-state index in [-0.39, 0.29) is 5.91 Å². The van der Waals surface area contributed by atoms with Crippen molar-refractivity contribution in [1.82, 2.24) is 4.98 Å². The SMILES string of the molecule is COc1cccc(OC)c1C(=O)Nc1nc(-c2cc(C)ccc2C)cs1. The molecule has 0 spiro atoms. The summed E-state index contributed by atoms with van der Waals surface area (Å²) < 4.78 is 10.6. The summed E-state index contributed by atoms with van der Waals surface area (Å²) in [7, 11) is 3.04. The van der Waals surface area contributed by atoms with E-state index < -0.39 is 0 Å². The Morgan fingerprint density at radius 3 is 2.42 bits per heavy atom. The molecule has 0 atom stereocenters. The molecule has 134 valence electrons. The average Bonchev–Trinajstić information content (AvgIpc) is 3.10. The molecule has 3 aromatic rings. The summed E-state index contributed by atoms with van der Waals surface area (Å²) in [5.41, 5.74) is 4.57. The highest BCUT2D eigenvalue weighted by atomic mass is 32.1. The smallest absolute Gasteiger partial charge is 0.265 e. The highest BCUT2D eigenvalue weighted by molar-refractivity contribution is 7.14. The Bertz CT molecular complexity index is 928. The Hall–Kier alpha value is -2.86. The van der Waals surface area contributed by atoms with Crippen LogP contribution >= 0.6 is 11.3 Å². The van der Waals surface area contributed by atoms with Crippen LogP contribution in [-0.2, 0) is 0 Å². The minimum Gasteiger partial charge on any atom is -0.496 e. The number of aromatic nitrogens is 1. The fraction of sp³-hybridized carbons (Fsp3) is 0.200. The topological polar surface area (TPSA) is 60.5 Å². The number of hydrogen-bond acceptors (Lipinski definition) is 5. The maximum Gasteiger partial charge on any atom is 0.265 e. The van der Waals surface area contributed by atoms with Crippen LogP contribution in [0.2, 0.25) is 0 Å². The molecule has 0 saturated heterocycles. The van der Waals surface area contributed by atoms with Gasteiger partial charge in [-0.05, 0) is 37.6 Å². The molecule has 0 unspecified atom stereocenters. The van der Waals surface area contributed by atoms with Crippen molar-refractivity contribution in [3.63, 3.8) is 0 Å². The van der Waals surface area contributed by atoms with Crippen LogP contribution < -0.4 is 14.8 Å². The van der Waals surface area contributed by atoms with Gasteiger partial charge in [0, 0.05) is 10.9 Å². The number of nitrogens with one attached hydrogen (secondary N) is 1. The molecule has 0 bridgehead atoms. The van der Waals surface area contributed by atoms with Gasteiger partial charge in [-0.2, -0.15) is 0 Å². The Morgan fingerprint density at radius 2 is 1.77 bits per heavy atom. The summed E-state index contributed by atoms with van der Waals surface area (Å²) in [4.78, 5) is 17.3. The summed E-state index contributed by atoms with van der Waals surface area (Å²) in [6, 6.07) is 11.5. The largest absolute Gasteiger partial charge is 0.496 e. The number of thiazole rings is 1. The third kappa shape index (κ3) is 3.55. The first-order valence-corrected chi connectivity index (χ1v) is 8.97. The van der Waals surface area contributed by atoms with Crippen LogP contribution in [0.3, 0.4) is 0 Å². The first kappa shape index (κ1) is 17.9.